The molecule has 0 bridgehead atoms. The van der Waals surface area contributed by atoms with Crippen molar-refractivity contribution in [3.05, 3.63) is 32.5 Å². The smallest absolute Gasteiger partial charge is 0.0897 e. The third-order valence-corrected chi connectivity index (χ3v) is 4.03. The molecule has 18 heavy (non-hydrogen) atoms. The van der Waals surface area contributed by atoms with Crippen molar-refractivity contribution in [2.75, 3.05) is 0 Å². The molecule has 0 amide bonds. The molecule has 2 aromatic heterocycles. The lowest BCUT2D eigenvalue weighted by atomic mass is 10.3. The highest BCUT2D eigenvalue weighted by atomic mass is 35.5. The minimum absolute atomic E-state index is 0.707. The van der Waals surface area contributed by atoms with Crippen molar-refractivity contribution in [3.63, 3.8) is 0 Å². The third kappa shape index (κ3) is 2.91. The molecule has 0 radical (unpaired) electrons. The summed E-state index contributed by atoms with van der Waals surface area (Å²) in [7, 11) is 1.93. The van der Waals surface area contributed by atoms with Crippen molar-refractivity contribution in [2.24, 2.45) is 7.05 Å². The van der Waals surface area contributed by atoms with Crippen LogP contribution in [0.3, 0.4) is 0 Å². The Balaban J connectivity index is 1.96. The number of aromatic nitrogens is 3. The quantitative estimate of drug-likeness (QED) is 0.918. The van der Waals surface area contributed by atoms with Crippen LogP contribution in [0.25, 0.3) is 0 Å². The molecule has 1 N–H and O–H groups in total. The molecule has 2 heterocycles. The van der Waals surface area contributed by atoms with Gasteiger partial charge < -0.3 is 5.32 Å². The number of hydrogen-bond donors (Lipinski definition) is 1. The van der Waals surface area contributed by atoms with Gasteiger partial charge in [0.2, 0.25) is 0 Å². The maximum absolute atomic E-state index is 6.28. The molecule has 0 unspecified atom stereocenters. The van der Waals surface area contributed by atoms with Crippen LogP contribution in [0.5, 0.6) is 0 Å². The summed E-state index contributed by atoms with van der Waals surface area (Å²) in [5.74, 6) is 0. The monoisotopic (exact) mass is 284 g/mol. The molecule has 0 atom stereocenters. The summed E-state index contributed by atoms with van der Waals surface area (Å²) in [6.45, 7) is 5.54. The van der Waals surface area contributed by atoms with Crippen LogP contribution in [0.1, 0.15) is 29.0 Å². The highest BCUT2D eigenvalue weighted by molar-refractivity contribution is 7.09. The second kappa shape index (κ2) is 5.82. The van der Waals surface area contributed by atoms with Gasteiger partial charge in [0.25, 0.3) is 0 Å². The van der Waals surface area contributed by atoms with Gasteiger partial charge >= 0.3 is 0 Å². The lowest BCUT2D eigenvalue weighted by molar-refractivity contribution is 0.618. The molecule has 0 fully saturated rings. The largest absolute Gasteiger partial charge is 0.305 e. The van der Waals surface area contributed by atoms with Gasteiger partial charge in [-0.1, -0.05) is 18.5 Å². The van der Waals surface area contributed by atoms with Gasteiger partial charge in [-0.2, -0.15) is 5.10 Å². The summed E-state index contributed by atoms with van der Waals surface area (Å²) in [6.07, 6.45) is 0.859. The number of rotatable bonds is 5. The topological polar surface area (TPSA) is 42.7 Å². The number of aryl methyl sites for hydroxylation is 3. The standard InChI is InChI=1S/C12H17ClN4S/c1-4-10-12(13)11(17(3)16-10)6-14-5-9-7-18-8(2)15-9/h7,14H,4-6H2,1-3H3. The Hall–Kier alpha value is -0.910. The molecular formula is C12H17ClN4S. The van der Waals surface area contributed by atoms with Crippen LogP contribution in [0.2, 0.25) is 5.02 Å². The van der Waals surface area contributed by atoms with Crippen LogP contribution < -0.4 is 5.32 Å². The van der Waals surface area contributed by atoms with Crippen LogP contribution in [-0.4, -0.2) is 14.8 Å². The maximum Gasteiger partial charge on any atom is 0.0897 e. The molecule has 0 spiro atoms. The van der Waals surface area contributed by atoms with E-state index in [0.717, 1.165) is 40.1 Å². The van der Waals surface area contributed by atoms with Crippen molar-refractivity contribution in [1.29, 1.82) is 0 Å². The average Bonchev–Trinajstić information content (AvgIpc) is 2.86. The summed E-state index contributed by atoms with van der Waals surface area (Å²) in [5.41, 5.74) is 3.06. The predicted molar refractivity (Wildman–Crippen MR) is 75.0 cm³/mol. The SMILES string of the molecule is CCc1nn(C)c(CNCc2csc(C)n2)c1Cl. The molecule has 4 nitrogen and oxygen atoms in total. The minimum atomic E-state index is 0.707. The lowest BCUT2D eigenvalue weighted by Gasteiger charge is -2.04. The second-order valence-electron chi connectivity index (χ2n) is 4.15. The highest BCUT2D eigenvalue weighted by Crippen LogP contribution is 2.20. The maximum atomic E-state index is 6.28. The fraction of sp³-hybridized carbons (Fsp3) is 0.500. The molecule has 0 aliphatic heterocycles. The van der Waals surface area contributed by atoms with E-state index in [4.69, 9.17) is 11.6 Å². The van der Waals surface area contributed by atoms with Gasteiger partial charge in [0, 0.05) is 25.5 Å². The predicted octanol–water partition coefficient (Wildman–Crippen LogP) is 2.69. The normalized spacial score (nSPS) is 11.1. The molecule has 98 valence electrons. The first-order valence-electron chi connectivity index (χ1n) is 5.93. The van der Waals surface area contributed by atoms with E-state index >= 15 is 0 Å². The van der Waals surface area contributed by atoms with Gasteiger partial charge in [0.15, 0.2) is 0 Å². The zero-order valence-electron chi connectivity index (χ0n) is 10.8. The van der Waals surface area contributed by atoms with E-state index in [9.17, 15) is 0 Å². The molecule has 0 aromatic carbocycles. The fourth-order valence-electron chi connectivity index (χ4n) is 1.81. The van der Waals surface area contributed by atoms with E-state index in [-0.39, 0.29) is 0 Å². The lowest BCUT2D eigenvalue weighted by Crippen LogP contribution is -2.15. The van der Waals surface area contributed by atoms with Crippen LogP contribution in [0.15, 0.2) is 5.38 Å². The molecule has 0 aliphatic rings. The van der Waals surface area contributed by atoms with Crippen LogP contribution in [0, 0.1) is 6.92 Å². The summed E-state index contributed by atoms with van der Waals surface area (Å²) in [6, 6.07) is 0. The van der Waals surface area contributed by atoms with Gasteiger partial charge in [-0.25, -0.2) is 4.98 Å². The van der Waals surface area contributed by atoms with Crippen molar-refractivity contribution in [3.8, 4) is 0 Å². The molecule has 0 saturated carbocycles. The Bertz CT molecular complexity index is 532. The fourth-order valence-corrected chi connectivity index (χ4v) is 2.78. The van der Waals surface area contributed by atoms with Crippen molar-refractivity contribution in [1.82, 2.24) is 20.1 Å². The van der Waals surface area contributed by atoms with Gasteiger partial charge in [-0.15, -0.1) is 11.3 Å². The number of nitrogens with zero attached hydrogens (tertiary/aromatic N) is 3. The molecular weight excluding hydrogens is 268 g/mol. The summed E-state index contributed by atoms with van der Waals surface area (Å²) >= 11 is 7.95. The number of hydrogen-bond acceptors (Lipinski definition) is 4. The number of halogens is 1. The molecule has 2 rings (SSSR count). The van der Waals surface area contributed by atoms with Gasteiger partial charge in [-0.05, 0) is 13.3 Å². The average molecular weight is 285 g/mol. The first kappa shape index (κ1) is 13.5. The molecule has 0 aliphatic carbocycles. The first-order valence-corrected chi connectivity index (χ1v) is 7.19. The van der Waals surface area contributed by atoms with E-state index in [0.29, 0.717) is 6.54 Å². The van der Waals surface area contributed by atoms with Crippen molar-refractivity contribution < 1.29 is 0 Å². The zero-order valence-corrected chi connectivity index (χ0v) is 12.4. The first-order chi connectivity index (χ1) is 8.61. The van der Waals surface area contributed by atoms with Crippen molar-refractivity contribution in [2.45, 2.75) is 33.4 Å². The van der Waals surface area contributed by atoms with Crippen LogP contribution >= 0.6 is 22.9 Å². The Morgan fingerprint density at radius 2 is 2.22 bits per heavy atom. The van der Waals surface area contributed by atoms with Gasteiger partial charge in [-0.3, -0.25) is 4.68 Å². The Kier molecular flexibility index (Phi) is 4.37. The highest BCUT2D eigenvalue weighted by Gasteiger charge is 2.12. The van der Waals surface area contributed by atoms with E-state index in [1.54, 1.807) is 11.3 Å². The minimum Gasteiger partial charge on any atom is -0.305 e. The van der Waals surface area contributed by atoms with E-state index in [1.165, 1.54) is 0 Å². The summed E-state index contributed by atoms with van der Waals surface area (Å²) < 4.78 is 1.85. The number of nitrogens with one attached hydrogen (secondary N) is 1. The summed E-state index contributed by atoms with van der Waals surface area (Å²) in [4.78, 5) is 4.41. The Morgan fingerprint density at radius 1 is 1.44 bits per heavy atom. The van der Waals surface area contributed by atoms with Crippen molar-refractivity contribution >= 4 is 22.9 Å². The molecule has 6 heteroatoms. The Morgan fingerprint density at radius 3 is 2.78 bits per heavy atom. The third-order valence-electron chi connectivity index (χ3n) is 2.77. The van der Waals surface area contributed by atoms with Crippen LogP contribution in [0.4, 0.5) is 0 Å². The van der Waals surface area contributed by atoms with E-state index in [2.05, 4.69) is 27.7 Å². The molecule has 2 aromatic rings. The van der Waals surface area contributed by atoms with Gasteiger partial charge in [0.1, 0.15) is 0 Å². The van der Waals surface area contributed by atoms with Crippen LogP contribution in [-0.2, 0) is 26.6 Å². The number of thiazole rings is 1. The zero-order chi connectivity index (χ0) is 13.1. The molecule has 0 saturated heterocycles. The second-order valence-corrected chi connectivity index (χ2v) is 5.59. The van der Waals surface area contributed by atoms with E-state index < -0.39 is 0 Å². The van der Waals surface area contributed by atoms with E-state index in [1.807, 2.05) is 18.7 Å². The van der Waals surface area contributed by atoms with Gasteiger partial charge in [0.05, 0.1) is 27.1 Å². The summed E-state index contributed by atoms with van der Waals surface area (Å²) in [5, 5.41) is 11.7. The Labute approximate surface area is 116 Å².